The average molecular weight is 535 g/mol. The summed E-state index contributed by atoms with van der Waals surface area (Å²) < 4.78 is 18.3. The van der Waals surface area contributed by atoms with Gasteiger partial charge in [-0.15, -0.1) is 6.58 Å². The quantitative estimate of drug-likeness (QED) is 0.129. The van der Waals surface area contributed by atoms with Crippen LogP contribution in [-0.2, 0) is 5.41 Å². The highest BCUT2D eigenvalue weighted by Gasteiger charge is 2.14. The fourth-order valence-electron chi connectivity index (χ4n) is 2.79. The number of hydrogen-bond acceptors (Lipinski definition) is 5. The fraction of sp³-hybridized carbons (Fsp3) is 0.360. The van der Waals surface area contributed by atoms with Gasteiger partial charge in [0.15, 0.2) is 16.6 Å². The van der Waals surface area contributed by atoms with Crippen LogP contribution in [0.5, 0.6) is 17.2 Å². The molecule has 0 heterocycles. The summed E-state index contributed by atoms with van der Waals surface area (Å²) in [6.45, 7) is 14.0. The van der Waals surface area contributed by atoms with Crippen LogP contribution in [0.3, 0.4) is 0 Å². The van der Waals surface area contributed by atoms with Crippen LogP contribution in [0, 0.1) is 0 Å². The second kappa shape index (κ2) is 13.2. The van der Waals surface area contributed by atoms with E-state index in [4.69, 9.17) is 26.4 Å². The summed E-state index contributed by atoms with van der Waals surface area (Å²) in [7, 11) is 0. The molecule has 0 aromatic heterocycles. The van der Waals surface area contributed by atoms with Crippen LogP contribution in [-0.4, -0.2) is 37.7 Å². The van der Waals surface area contributed by atoms with Crippen molar-refractivity contribution in [3.8, 4) is 17.2 Å². The maximum absolute atomic E-state index is 5.97. The lowest BCUT2D eigenvalue weighted by Gasteiger charge is -2.19. The Morgan fingerprint density at radius 1 is 1.12 bits per heavy atom. The topological polar surface area (TPSA) is 64.1 Å². The SMILES string of the molecule is C=CCNC(=S)N/N=C\c1cc(Br)c(OCCOc2ccc(C(C)(C)C)cc2)c(OCC)c1. The van der Waals surface area contributed by atoms with Crippen LogP contribution in [0.4, 0.5) is 0 Å². The molecule has 8 heteroatoms. The number of rotatable bonds is 11. The van der Waals surface area contributed by atoms with Gasteiger partial charge in [0.05, 0.1) is 17.3 Å². The number of hydrazone groups is 1. The molecule has 2 aromatic carbocycles. The van der Waals surface area contributed by atoms with Gasteiger partial charge in [-0.05, 0) is 75.9 Å². The molecule has 6 nitrogen and oxygen atoms in total. The third-order valence-corrected chi connectivity index (χ3v) is 5.26. The highest BCUT2D eigenvalue weighted by atomic mass is 79.9. The van der Waals surface area contributed by atoms with E-state index in [-0.39, 0.29) is 5.41 Å². The van der Waals surface area contributed by atoms with Crippen molar-refractivity contribution in [1.82, 2.24) is 10.7 Å². The number of nitrogens with zero attached hydrogens (tertiary/aromatic N) is 1. The van der Waals surface area contributed by atoms with Crippen molar-refractivity contribution >= 4 is 39.5 Å². The third kappa shape index (κ3) is 9.06. The lowest BCUT2D eigenvalue weighted by Crippen LogP contribution is -2.31. The van der Waals surface area contributed by atoms with Crippen LogP contribution >= 0.6 is 28.1 Å². The molecular formula is C25H32BrN3O3S. The van der Waals surface area contributed by atoms with Crippen molar-refractivity contribution in [1.29, 1.82) is 0 Å². The Bertz CT molecular complexity index is 957. The summed E-state index contributed by atoms with van der Waals surface area (Å²) in [6.07, 6.45) is 3.37. The van der Waals surface area contributed by atoms with Crippen molar-refractivity contribution in [3.63, 3.8) is 0 Å². The largest absolute Gasteiger partial charge is 0.490 e. The Labute approximate surface area is 210 Å². The first kappa shape index (κ1) is 26.7. The Morgan fingerprint density at radius 3 is 2.45 bits per heavy atom. The Morgan fingerprint density at radius 2 is 1.82 bits per heavy atom. The average Bonchev–Trinajstić information content (AvgIpc) is 2.76. The van der Waals surface area contributed by atoms with E-state index < -0.39 is 0 Å². The predicted molar refractivity (Wildman–Crippen MR) is 143 cm³/mol. The molecule has 178 valence electrons. The number of ether oxygens (including phenoxy) is 3. The molecule has 0 aliphatic carbocycles. The van der Waals surface area contributed by atoms with Crippen LogP contribution in [0.25, 0.3) is 0 Å². The molecular weight excluding hydrogens is 502 g/mol. The molecule has 2 N–H and O–H groups in total. The molecule has 0 bridgehead atoms. The highest BCUT2D eigenvalue weighted by Crippen LogP contribution is 2.36. The van der Waals surface area contributed by atoms with Gasteiger partial charge >= 0.3 is 0 Å². The zero-order valence-electron chi connectivity index (χ0n) is 19.6. The lowest BCUT2D eigenvalue weighted by molar-refractivity contribution is 0.207. The van der Waals surface area contributed by atoms with Gasteiger partial charge in [0, 0.05) is 6.54 Å². The molecule has 2 aromatic rings. The van der Waals surface area contributed by atoms with Gasteiger partial charge in [-0.2, -0.15) is 5.10 Å². The molecule has 33 heavy (non-hydrogen) atoms. The number of benzene rings is 2. The summed E-state index contributed by atoms with van der Waals surface area (Å²) >= 11 is 8.69. The molecule has 0 aliphatic heterocycles. The van der Waals surface area contributed by atoms with Gasteiger partial charge in [-0.1, -0.05) is 39.0 Å². The second-order valence-electron chi connectivity index (χ2n) is 8.10. The number of hydrogen-bond donors (Lipinski definition) is 2. The summed E-state index contributed by atoms with van der Waals surface area (Å²) in [5, 5.41) is 7.51. The van der Waals surface area contributed by atoms with Crippen molar-refractivity contribution in [2.45, 2.75) is 33.1 Å². The monoisotopic (exact) mass is 533 g/mol. The maximum Gasteiger partial charge on any atom is 0.187 e. The molecule has 2 rings (SSSR count). The standard InChI is InChI=1S/C25H32BrN3O3S/c1-6-12-27-24(33)29-28-17-18-15-21(26)23(22(16-18)30-7-2)32-14-13-31-20-10-8-19(9-11-20)25(3,4)5/h6,8-11,15-17H,1,7,12-14H2,2-5H3,(H2,27,29,33)/b28-17-. The van der Waals surface area contributed by atoms with E-state index in [1.165, 1.54) is 5.56 Å². The van der Waals surface area contributed by atoms with Crippen molar-refractivity contribution in [2.75, 3.05) is 26.4 Å². The first-order chi connectivity index (χ1) is 15.7. The smallest absolute Gasteiger partial charge is 0.187 e. The Balaban J connectivity index is 1.95. The summed E-state index contributed by atoms with van der Waals surface area (Å²) in [6, 6.07) is 11.9. The van der Waals surface area contributed by atoms with Crippen LogP contribution in [0.1, 0.15) is 38.8 Å². The molecule has 0 atom stereocenters. The van der Waals surface area contributed by atoms with E-state index in [9.17, 15) is 0 Å². The molecule has 0 amide bonds. The molecule has 0 radical (unpaired) electrons. The summed E-state index contributed by atoms with van der Waals surface area (Å²) in [4.78, 5) is 0. The van der Waals surface area contributed by atoms with E-state index in [1.807, 2.05) is 31.2 Å². The minimum atomic E-state index is 0.116. The lowest BCUT2D eigenvalue weighted by atomic mass is 9.87. The number of thiocarbonyl (C=S) groups is 1. The maximum atomic E-state index is 5.97. The Kier molecular flexibility index (Phi) is 10.7. The highest BCUT2D eigenvalue weighted by molar-refractivity contribution is 9.10. The summed E-state index contributed by atoms with van der Waals surface area (Å²) in [5.41, 5.74) is 4.97. The first-order valence-corrected chi connectivity index (χ1v) is 11.9. The van der Waals surface area contributed by atoms with Gasteiger partial charge in [-0.3, -0.25) is 5.43 Å². The van der Waals surface area contributed by atoms with E-state index in [0.29, 0.717) is 43.0 Å². The van der Waals surface area contributed by atoms with Gasteiger partial charge in [-0.25, -0.2) is 0 Å². The second-order valence-corrected chi connectivity index (χ2v) is 9.37. The summed E-state index contributed by atoms with van der Waals surface area (Å²) in [5.74, 6) is 2.06. The van der Waals surface area contributed by atoms with Crippen LogP contribution in [0.15, 0.2) is 58.6 Å². The van der Waals surface area contributed by atoms with Crippen LogP contribution in [0.2, 0.25) is 0 Å². The molecule has 0 saturated carbocycles. The molecule has 0 fully saturated rings. The minimum Gasteiger partial charge on any atom is -0.490 e. The van der Waals surface area contributed by atoms with Crippen molar-refractivity contribution in [2.24, 2.45) is 5.10 Å². The molecule has 0 saturated heterocycles. The number of halogens is 1. The molecule has 0 spiro atoms. The van der Waals surface area contributed by atoms with E-state index in [2.05, 4.69) is 71.3 Å². The molecule has 0 aliphatic rings. The third-order valence-electron chi connectivity index (χ3n) is 4.44. The van der Waals surface area contributed by atoms with E-state index in [1.54, 1.807) is 12.3 Å². The molecule has 0 unspecified atom stereocenters. The van der Waals surface area contributed by atoms with Gasteiger partial charge in [0.25, 0.3) is 0 Å². The Hall–Kier alpha value is -2.58. The first-order valence-electron chi connectivity index (χ1n) is 10.7. The van der Waals surface area contributed by atoms with Gasteiger partial charge in [0.1, 0.15) is 19.0 Å². The fourth-order valence-corrected chi connectivity index (χ4v) is 3.50. The van der Waals surface area contributed by atoms with Gasteiger partial charge in [0.2, 0.25) is 0 Å². The van der Waals surface area contributed by atoms with Crippen molar-refractivity contribution < 1.29 is 14.2 Å². The van der Waals surface area contributed by atoms with Crippen molar-refractivity contribution in [3.05, 3.63) is 64.7 Å². The normalized spacial score (nSPS) is 11.2. The van der Waals surface area contributed by atoms with Crippen LogP contribution < -0.4 is 25.0 Å². The minimum absolute atomic E-state index is 0.116. The zero-order chi connectivity index (χ0) is 24.3. The van der Waals surface area contributed by atoms with Gasteiger partial charge < -0.3 is 19.5 Å². The van der Waals surface area contributed by atoms with E-state index in [0.717, 1.165) is 15.8 Å². The van der Waals surface area contributed by atoms with E-state index >= 15 is 0 Å². The predicted octanol–water partition coefficient (Wildman–Crippen LogP) is 5.59. The number of nitrogens with one attached hydrogen (secondary N) is 2. The zero-order valence-corrected chi connectivity index (χ0v) is 22.0.